The Morgan fingerprint density at radius 1 is 1.28 bits per heavy atom. The molecule has 0 saturated heterocycles. The summed E-state index contributed by atoms with van der Waals surface area (Å²) >= 11 is 0. The standard InChI is InChI=1S/C11H19NO6/c1-3-4-8(11(16)17)12(6-5-10(14)15)9(13)7-18-2/h8H,3-7H2,1-2H3,(H,14,15)(H,16,17). The van der Waals surface area contributed by atoms with E-state index in [1.165, 1.54) is 7.11 Å². The van der Waals surface area contributed by atoms with Gasteiger partial charge in [-0.15, -0.1) is 0 Å². The minimum Gasteiger partial charge on any atom is -0.481 e. The number of amides is 1. The third kappa shape index (κ3) is 5.62. The molecule has 0 saturated carbocycles. The molecule has 1 unspecified atom stereocenters. The number of carboxylic acid groups (broad SMARTS) is 2. The van der Waals surface area contributed by atoms with Crippen molar-refractivity contribution in [3.05, 3.63) is 0 Å². The van der Waals surface area contributed by atoms with Crippen molar-refractivity contribution in [1.29, 1.82) is 0 Å². The summed E-state index contributed by atoms with van der Waals surface area (Å²) in [5.41, 5.74) is 0. The Balaban J connectivity index is 4.83. The van der Waals surface area contributed by atoms with Crippen LogP contribution < -0.4 is 0 Å². The van der Waals surface area contributed by atoms with Crippen LogP contribution in [0.4, 0.5) is 0 Å². The van der Waals surface area contributed by atoms with E-state index in [2.05, 4.69) is 4.74 Å². The van der Waals surface area contributed by atoms with Gasteiger partial charge in [-0.2, -0.15) is 0 Å². The van der Waals surface area contributed by atoms with Crippen molar-refractivity contribution in [2.24, 2.45) is 0 Å². The Morgan fingerprint density at radius 2 is 1.89 bits per heavy atom. The maximum atomic E-state index is 11.7. The molecule has 7 heteroatoms. The van der Waals surface area contributed by atoms with E-state index in [1.54, 1.807) is 6.92 Å². The van der Waals surface area contributed by atoms with Gasteiger partial charge in [0.25, 0.3) is 0 Å². The molecule has 18 heavy (non-hydrogen) atoms. The predicted octanol–water partition coefficient (Wildman–Crippen LogP) is 0.189. The van der Waals surface area contributed by atoms with Crippen LogP contribution in [0.15, 0.2) is 0 Å². The van der Waals surface area contributed by atoms with Gasteiger partial charge in [-0.1, -0.05) is 13.3 Å². The highest BCUT2D eigenvalue weighted by Gasteiger charge is 2.28. The Bertz CT molecular complexity index is 304. The normalized spacial score (nSPS) is 11.9. The van der Waals surface area contributed by atoms with Crippen LogP contribution in [0.1, 0.15) is 26.2 Å². The summed E-state index contributed by atoms with van der Waals surface area (Å²) in [7, 11) is 1.32. The van der Waals surface area contributed by atoms with E-state index in [1.807, 2.05) is 0 Å². The van der Waals surface area contributed by atoms with Crippen LogP contribution >= 0.6 is 0 Å². The molecule has 0 aliphatic rings. The Kier molecular flexibility index (Phi) is 7.69. The molecule has 1 atom stereocenters. The summed E-state index contributed by atoms with van der Waals surface area (Å²) in [4.78, 5) is 34.4. The molecule has 0 aliphatic heterocycles. The molecule has 0 spiro atoms. The van der Waals surface area contributed by atoms with Crippen LogP contribution in [0.3, 0.4) is 0 Å². The van der Waals surface area contributed by atoms with E-state index in [-0.39, 0.29) is 26.0 Å². The number of rotatable bonds is 9. The SMILES string of the molecule is CCCC(C(=O)O)N(CCC(=O)O)C(=O)COC. The Morgan fingerprint density at radius 3 is 2.28 bits per heavy atom. The molecule has 7 nitrogen and oxygen atoms in total. The first-order chi connectivity index (χ1) is 8.43. The lowest BCUT2D eigenvalue weighted by molar-refractivity contribution is -0.153. The van der Waals surface area contributed by atoms with Gasteiger partial charge in [0.2, 0.25) is 5.91 Å². The third-order valence-corrected chi connectivity index (χ3v) is 2.38. The van der Waals surface area contributed by atoms with Crippen LogP contribution in [-0.4, -0.2) is 59.3 Å². The molecule has 2 N–H and O–H groups in total. The molecule has 0 aromatic heterocycles. The topological polar surface area (TPSA) is 104 Å². The van der Waals surface area contributed by atoms with Crippen molar-refractivity contribution in [3.8, 4) is 0 Å². The quantitative estimate of drug-likeness (QED) is 0.614. The van der Waals surface area contributed by atoms with E-state index >= 15 is 0 Å². The summed E-state index contributed by atoms with van der Waals surface area (Å²) in [6, 6.07) is -1.00. The maximum Gasteiger partial charge on any atom is 0.326 e. The van der Waals surface area contributed by atoms with Gasteiger partial charge in [-0.3, -0.25) is 9.59 Å². The Hall–Kier alpha value is -1.63. The van der Waals surface area contributed by atoms with Crippen LogP contribution in [0, 0.1) is 0 Å². The van der Waals surface area contributed by atoms with Crippen LogP contribution in [0.25, 0.3) is 0 Å². The monoisotopic (exact) mass is 261 g/mol. The van der Waals surface area contributed by atoms with Crippen molar-refractivity contribution in [2.75, 3.05) is 20.3 Å². The lowest BCUT2D eigenvalue weighted by Crippen LogP contribution is -2.47. The average Bonchev–Trinajstić information content (AvgIpc) is 2.27. The second-order valence-corrected chi connectivity index (χ2v) is 3.81. The van der Waals surface area contributed by atoms with Crippen LogP contribution in [0.2, 0.25) is 0 Å². The molecular weight excluding hydrogens is 242 g/mol. The number of ether oxygens (including phenoxy) is 1. The molecule has 0 rings (SSSR count). The molecule has 0 heterocycles. The highest BCUT2D eigenvalue weighted by molar-refractivity contribution is 5.84. The third-order valence-electron chi connectivity index (χ3n) is 2.38. The zero-order valence-electron chi connectivity index (χ0n) is 10.6. The van der Waals surface area contributed by atoms with Crippen LogP contribution in [-0.2, 0) is 19.1 Å². The molecule has 0 aromatic carbocycles. The molecule has 0 radical (unpaired) electrons. The second kappa shape index (κ2) is 8.46. The summed E-state index contributed by atoms with van der Waals surface area (Å²) in [6.45, 7) is 1.41. The summed E-state index contributed by atoms with van der Waals surface area (Å²) < 4.78 is 4.67. The fraction of sp³-hybridized carbons (Fsp3) is 0.727. The van der Waals surface area contributed by atoms with Crippen molar-refractivity contribution in [3.63, 3.8) is 0 Å². The summed E-state index contributed by atoms with van der Waals surface area (Å²) in [6.07, 6.45) is 0.578. The van der Waals surface area contributed by atoms with Gasteiger partial charge >= 0.3 is 11.9 Å². The second-order valence-electron chi connectivity index (χ2n) is 3.81. The number of aliphatic carboxylic acids is 2. The molecular formula is C11H19NO6. The first kappa shape index (κ1) is 16.4. The molecule has 0 fully saturated rings. The Labute approximate surface area is 105 Å². The van der Waals surface area contributed by atoms with Gasteiger partial charge in [0, 0.05) is 13.7 Å². The van der Waals surface area contributed by atoms with Crippen molar-refractivity contribution in [2.45, 2.75) is 32.2 Å². The van der Waals surface area contributed by atoms with Gasteiger partial charge in [0.15, 0.2) is 0 Å². The number of carbonyl (C=O) groups is 3. The average molecular weight is 261 g/mol. The smallest absolute Gasteiger partial charge is 0.326 e. The number of hydrogen-bond donors (Lipinski definition) is 2. The summed E-state index contributed by atoms with van der Waals surface area (Å²) in [5, 5.41) is 17.7. The highest BCUT2D eigenvalue weighted by atomic mass is 16.5. The predicted molar refractivity (Wildman–Crippen MR) is 62.2 cm³/mol. The largest absolute Gasteiger partial charge is 0.481 e. The number of hydrogen-bond acceptors (Lipinski definition) is 4. The van der Waals surface area contributed by atoms with E-state index in [0.717, 1.165) is 4.90 Å². The molecule has 1 amide bonds. The highest BCUT2D eigenvalue weighted by Crippen LogP contribution is 2.09. The van der Waals surface area contributed by atoms with Gasteiger partial charge in [-0.25, -0.2) is 4.79 Å². The minimum atomic E-state index is -1.13. The number of methoxy groups -OCH3 is 1. The lowest BCUT2D eigenvalue weighted by atomic mass is 10.1. The van der Waals surface area contributed by atoms with Gasteiger partial charge in [0.1, 0.15) is 12.6 Å². The lowest BCUT2D eigenvalue weighted by Gasteiger charge is -2.28. The zero-order valence-corrected chi connectivity index (χ0v) is 10.6. The van der Waals surface area contributed by atoms with E-state index < -0.39 is 23.9 Å². The maximum absolute atomic E-state index is 11.7. The van der Waals surface area contributed by atoms with E-state index in [9.17, 15) is 14.4 Å². The molecule has 0 bridgehead atoms. The molecule has 0 aromatic rings. The number of carbonyl (C=O) groups excluding carboxylic acids is 1. The van der Waals surface area contributed by atoms with Crippen molar-refractivity contribution >= 4 is 17.8 Å². The zero-order chi connectivity index (χ0) is 14.1. The first-order valence-electron chi connectivity index (χ1n) is 5.67. The number of carboxylic acids is 2. The van der Waals surface area contributed by atoms with Crippen molar-refractivity contribution in [1.82, 2.24) is 4.90 Å². The van der Waals surface area contributed by atoms with Crippen LogP contribution in [0.5, 0.6) is 0 Å². The van der Waals surface area contributed by atoms with Gasteiger partial charge < -0.3 is 19.8 Å². The van der Waals surface area contributed by atoms with E-state index in [0.29, 0.717) is 6.42 Å². The fourth-order valence-corrected chi connectivity index (χ4v) is 1.56. The number of nitrogens with zero attached hydrogens (tertiary/aromatic N) is 1. The minimum absolute atomic E-state index is 0.130. The fourth-order valence-electron chi connectivity index (χ4n) is 1.56. The first-order valence-corrected chi connectivity index (χ1v) is 5.67. The van der Waals surface area contributed by atoms with E-state index in [4.69, 9.17) is 10.2 Å². The summed E-state index contributed by atoms with van der Waals surface area (Å²) in [5.74, 6) is -2.72. The van der Waals surface area contributed by atoms with Crippen molar-refractivity contribution < 1.29 is 29.3 Å². The van der Waals surface area contributed by atoms with Gasteiger partial charge in [-0.05, 0) is 6.42 Å². The molecule has 0 aliphatic carbocycles. The molecule has 104 valence electrons. The van der Waals surface area contributed by atoms with Gasteiger partial charge in [0.05, 0.1) is 6.42 Å².